The molecule has 0 amide bonds. The third kappa shape index (κ3) is 3.18. The molecular formula is C19H21F3N4O. The fourth-order valence-corrected chi connectivity index (χ4v) is 4.15. The van der Waals surface area contributed by atoms with Crippen LogP contribution in [0.4, 0.5) is 30.2 Å². The van der Waals surface area contributed by atoms with Crippen LogP contribution in [-0.2, 0) is 6.18 Å². The number of anilines is 3. The Hall–Kier alpha value is -2.48. The number of benzene rings is 1. The molecule has 27 heavy (non-hydrogen) atoms. The summed E-state index contributed by atoms with van der Waals surface area (Å²) in [5.41, 5.74) is 1.47. The van der Waals surface area contributed by atoms with Crippen molar-refractivity contribution in [3.05, 3.63) is 41.6 Å². The van der Waals surface area contributed by atoms with Gasteiger partial charge in [0.05, 0.1) is 30.2 Å². The number of likely N-dealkylation sites (N-methyl/N-ethyl adjacent to an activating group) is 1. The first-order chi connectivity index (χ1) is 12.9. The van der Waals surface area contributed by atoms with Crippen LogP contribution in [0.2, 0.25) is 0 Å². The van der Waals surface area contributed by atoms with Crippen LogP contribution in [0, 0.1) is 0 Å². The molecule has 0 saturated carbocycles. The van der Waals surface area contributed by atoms with Crippen molar-refractivity contribution in [1.82, 2.24) is 10.3 Å². The van der Waals surface area contributed by atoms with Crippen LogP contribution in [0.25, 0.3) is 0 Å². The first kappa shape index (κ1) is 17.9. The number of hydrogen-bond acceptors (Lipinski definition) is 5. The number of aromatic nitrogens is 1. The van der Waals surface area contributed by atoms with E-state index in [1.54, 1.807) is 19.2 Å². The van der Waals surface area contributed by atoms with Crippen LogP contribution in [0.1, 0.15) is 23.5 Å². The fourth-order valence-electron chi connectivity index (χ4n) is 4.15. The molecule has 0 aliphatic carbocycles. The van der Waals surface area contributed by atoms with E-state index < -0.39 is 11.7 Å². The number of pyridine rings is 1. The third-order valence-electron chi connectivity index (χ3n) is 5.37. The van der Waals surface area contributed by atoms with Crippen molar-refractivity contribution >= 4 is 17.1 Å². The average molecular weight is 378 g/mol. The zero-order valence-electron chi connectivity index (χ0n) is 15.1. The summed E-state index contributed by atoms with van der Waals surface area (Å²) in [5.74, 6) is 0.499. The standard InChI is InChI=1S/C19H21F3N4O/c1-26-16-5-6-23-10-14(16)13-7-12(8-15(18(13)26)19(20,21)22)25-11-3-4-17(27-2)24-9-11/h3-4,7-9,14,16,23,25H,5-6,10H2,1-2H3. The van der Waals surface area contributed by atoms with Gasteiger partial charge in [-0.15, -0.1) is 0 Å². The Bertz CT molecular complexity index is 838. The van der Waals surface area contributed by atoms with Crippen LogP contribution in [-0.4, -0.2) is 38.3 Å². The number of alkyl halides is 3. The second kappa shape index (κ2) is 6.60. The lowest BCUT2D eigenvalue weighted by atomic mass is 9.89. The van der Waals surface area contributed by atoms with Crippen molar-refractivity contribution in [2.24, 2.45) is 0 Å². The van der Waals surface area contributed by atoms with Crippen molar-refractivity contribution in [1.29, 1.82) is 0 Å². The maximum atomic E-state index is 13.8. The Morgan fingerprint density at radius 1 is 1.26 bits per heavy atom. The highest BCUT2D eigenvalue weighted by Crippen LogP contribution is 2.50. The van der Waals surface area contributed by atoms with E-state index in [4.69, 9.17) is 4.74 Å². The minimum Gasteiger partial charge on any atom is -0.481 e. The first-order valence-electron chi connectivity index (χ1n) is 8.84. The highest BCUT2D eigenvalue weighted by atomic mass is 19.4. The van der Waals surface area contributed by atoms with Gasteiger partial charge in [0.1, 0.15) is 0 Å². The van der Waals surface area contributed by atoms with E-state index in [9.17, 15) is 13.2 Å². The van der Waals surface area contributed by atoms with E-state index in [-0.39, 0.29) is 12.0 Å². The molecule has 0 radical (unpaired) electrons. The van der Waals surface area contributed by atoms with E-state index in [0.717, 1.165) is 18.5 Å². The van der Waals surface area contributed by atoms with Crippen LogP contribution in [0.5, 0.6) is 5.88 Å². The number of hydrogen-bond donors (Lipinski definition) is 2. The minimum atomic E-state index is -4.42. The molecule has 3 heterocycles. The average Bonchev–Trinajstić information content (AvgIpc) is 2.94. The summed E-state index contributed by atoms with van der Waals surface area (Å²) in [4.78, 5) is 5.90. The Morgan fingerprint density at radius 2 is 2.07 bits per heavy atom. The van der Waals surface area contributed by atoms with Crippen LogP contribution in [0.15, 0.2) is 30.5 Å². The van der Waals surface area contributed by atoms with Crippen LogP contribution in [0.3, 0.4) is 0 Å². The quantitative estimate of drug-likeness (QED) is 0.852. The number of methoxy groups -OCH3 is 1. The molecule has 2 aromatic rings. The smallest absolute Gasteiger partial charge is 0.418 e. The van der Waals surface area contributed by atoms with Crippen LogP contribution >= 0.6 is 0 Å². The molecular weight excluding hydrogens is 357 g/mol. The van der Waals surface area contributed by atoms with Gasteiger partial charge in [-0.2, -0.15) is 13.2 Å². The lowest BCUT2D eigenvalue weighted by Gasteiger charge is -2.31. The molecule has 2 atom stereocenters. The molecule has 8 heteroatoms. The summed E-state index contributed by atoms with van der Waals surface area (Å²) in [6.07, 6.45) is -2.05. The fraction of sp³-hybridized carbons (Fsp3) is 0.421. The maximum absolute atomic E-state index is 13.8. The number of ether oxygens (including phenoxy) is 1. The topological polar surface area (TPSA) is 49.4 Å². The first-order valence-corrected chi connectivity index (χ1v) is 8.84. The second-order valence-corrected chi connectivity index (χ2v) is 6.95. The van der Waals surface area contributed by atoms with Crippen molar-refractivity contribution in [3.63, 3.8) is 0 Å². The monoisotopic (exact) mass is 378 g/mol. The van der Waals surface area contributed by atoms with Crippen molar-refractivity contribution in [2.45, 2.75) is 24.6 Å². The highest BCUT2D eigenvalue weighted by molar-refractivity contribution is 5.74. The minimum absolute atomic E-state index is 0.0515. The van der Waals surface area contributed by atoms with E-state index >= 15 is 0 Å². The molecule has 2 aliphatic heterocycles. The van der Waals surface area contributed by atoms with Gasteiger partial charge in [0.2, 0.25) is 5.88 Å². The van der Waals surface area contributed by atoms with Crippen molar-refractivity contribution < 1.29 is 17.9 Å². The molecule has 1 aromatic heterocycles. The Labute approximate surface area is 155 Å². The third-order valence-corrected chi connectivity index (χ3v) is 5.37. The van der Waals surface area contributed by atoms with Crippen molar-refractivity contribution in [2.75, 3.05) is 37.5 Å². The molecule has 0 bridgehead atoms. The summed E-state index contributed by atoms with van der Waals surface area (Å²) < 4.78 is 46.5. The number of halogens is 3. The predicted octanol–water partition coefficient (Wildman–Crippen LogP) is 3.75. The summed E-state index contributed by atoms with van der Waals surface area (Å²) in [6.45, 7) is 1.51. The molecule has 2 N–H and O–H groups in total. The summed E-state index contributed by atoms with van der Waals surface area (Å²) in [7, 11) is 3.28. The molecule has 1 aromatic carbocycles. The van der Waals surface area contributed by atoms with Gasteiger partial charge in [-0.1, -0.05) is 0 Å². The highest BCUT2D eigenvalue weighted by Gasteiger charge is 2.45. The summed E-state index contributed by atoms with van der Waals surface area (Å²) in [5, 5.41) is 6.36. The molecule has 2 unspecified atom stereocenters. The number of fused-ring (bicyclic) bond motifs is 3. The molecule has 1 fully saturated rings. The maximum Gasteiger partial charge on any atom is 0.418 e. The van der Waals surface area contributed by atoms with E-state index in [2.05, 4.69) is 15.6 Å². The van der Waals surface area contributed by atoms with Gasteiger partial charge >= 0.3 is 6.18 Å². The number of piperidine rings is 1. The lowest BCUT2D eigenvalue weighted by Crippen LogP contribution is -2.42. The number of rotatable bonds is 3. The van der Waals surface area contributed by atoms with Gasteiger partial charge < -0.3 is 20.3 Å². The largest absolute Gasteiger partial charge is 0.481 e. The zero-order chi connectivity index (χ0) is 19.2. The van der Waals surface area contributed by atoms with Crippen LogP contribution < -0.4 is 20.3 Å². The molecule has 1 saturated heterocycles. The zero-order valence-corrected chi connectivity index (χ0v) is 15.1. The number of nitrogens with zero attached hydrogens (tertiary/aromatic N) is 2. The lowest BCUT2D eigenvalue weighted by molar-refractivity contribution is -0.137. The molecule has 4 rings (SSSR count). The van der Waals surface area contributed by atoms with Gasteiger partial charge in [-0.3, -0.25) is 0 Å². The normalized spacial score (nSPS) is 21.6. The van der Waals surface area contributed by atoms with Gasteiger partial charge in [0.15, 0.2) is 0 Å². The Kier molecular flexibility index (Phi) is 4.38. The Morgan fingerprint density at radius 3 is 2.74 bits per heavy atom. The van der Waals surface area contributed by atoms with E-state index in [1.807, 2.05) is 11.0 Å². The van der Waals surface area contributed by atoms with E-state index in [0.29, 0.717) is 29.5 Å². The molecule has 144 valence electrons. The van der Waals surface area contributed by atoms with Crippen molar-refractivity contribution in [3.8, 4) is 5.88 Å². The predicted molar refractivity (Wildman–Crippen MR) is 97.9 cm³/mol. The Balaban J connectivity index is 1.76. The second-order valence-electron chi connectivity index (χ2n) is 6.95. The molecule has 0 spiro atoms. The molecule has 2 aliphatic rings. The van der Waals surface area contributed by atoms with Gasteiger partial charge in [-0.05, 0) is 36.7 Å². The van der Waals surface area contributed by atoms with Gasteiger partial charge in [-0.25, -0.2) is 4.98 Å². The van der Waals surface area contributed by atoms with E-state index in [1.165, 1.54) is 19.4 Å². The number of nitrogens with one attached hydrogen (secondary N) is 2. The van der Waals surface area contributed by atoms with Gasteiger partial charge in [0, 0.05) is 37.3 Å². The SMILES string of the molecule is COc1ccc(Nc2cc3c(c(C(F)(F)F)c2)N(C)C2CCNCC32)cn1. The summed E-state index contributed by atoms with van der Waals surface area (Å²) in [6, 6.07) is 6.51. The summed E-state index contributed by atoms with van der Waals surface area (Å²) >= 11 is 0. The van der Waals surface area contributed by atoms with Gasteiger partial charge in [0.25, 0.3) is 0 Å². The molecule has 5 nitrogen and oxygen atoms in total.